The van der Waals surface area contributed by atoms with Crippen LogP contribution in [0.15, 0.2) is 12.2 Å². The second-order valence-corrected chi connectivity index (χ2v) is 16.8. The molecule has 0 heterocycles. The average molecular weight is 778 g/mol. The molecule has 0 aliphatic carbocycles. The van der Waals surface area contributed by atoms with Gasteiger partial charge in [-0.1, -0.05) is 212 Å². The van der Waals surface area contributed by atoms with Crippen molar-refractivity contribution >= 4 is 11.9 Å². The summed E-state index contributed by atoms with van der Waals surface area (Å²) in [4.78, 5) is 24.4. The van der Waals surface area contributed by atoms with Crippen LogP contribution in [0.25, 0.3) is 0 Å². The van der Waals surface area contributed by atoms with Gasteiger partial charge in [-0.05, 0) is 51.4 Å². The second kappa shape index (κ2) is 45.3. The summed E-state index contributed by atoms with van der Waals surface area (Å²) in [5.74, 6) is -0.0966. The number of aliphatic hydroxyl groups excluding tert-OH is 2. The molecule has 3 N–H and O–H groups in total. The molecule has 0 saturated heterocycles. The number of carbonyl (C=O) groups is 2. The third-order valence-corrected chi connectivity index (χ3v) is 11.3. The van der Waals surface area contributed by atoms with E-state index in [1.54, 1.807) is 0 Å². The third kappa shape index (κ3) is 42.0. The van der Waals surface area contributed by atoms with E-state index in [1.165, 1.54) is 173 Å². The smallest absolute Gasteiger partial charge is 0.305 e. The molecule has 0 rings (SSSR count). The molecular weight excluding hydrogens is 683 g/mol. The van der Waals surface area contributed by atoms with Gasteiger partial charge in [-0.25, -0.2) is 0 Å². The van der Waals surface area contributed by atoms with Gasteiger partial charge >= 0.3 is 5.97 Å². The lowest BCUT2D eigenvalue weighted by atomic mass is 10.0. The van der Waals surface area contributed by atoms with Crippen molar-refractivity contribution in [3.8, 4) is 0 Å². The maximum Gasteiger partial charge on any atom is 0.305 e. The fraction of sp³-hybridized carbons (Fsp3) is 0.918. The van der Waals surface area contributed by atoms with Gasteiger partial charge in [-0.15, -0.1) is 0 Å². The summed E-state index contributed by atoms with van der Waals surface area (Å²) >= 11 is 0. The highest BCUT2D eigenvalue weighted by Crippen LogP contribution is 2.16. The average Bonchev–Trinajstić information content (AvgIpc) is 3.18. The summed E-state index contributed by atoms with van der Waals surface area (Å²) < 4.78 is 5.43. The summed E-state index contributed by atoms with van der Waals surface area (Å²) in [5, 5.41) is 23.2. The number of esters is 1. The maximum absolute atomic E-state index is 12.4. The van der Waals surface area contributed by atoms with E-state index in [9.17, 15) is 19.8 Å². The van der Waals surface area contributed by atoms with Crippen molar-refractivity contribution in [1.29, 1.82) is 0 Å². The predicted octanol–water partition coefficient (Wildman–Crippen LogP) is 14.2. The summed E-state index contributed by atoms with van der Waals surface area (Å²) in [7, 11) is 0. The van der Waals surface area contributed by atoms with Crippen LogP contribution in [0, 0.1) is 0 Å². The van der Waals surface area contributed by atoms with Gasteiger partial charge in [0.15, 0.2) is 0 Å². The third-order valence-electron chi connectivity index (χ3n) is 11.3. The molecule has 2 unspecified atom stereocenters. The number of rotatable bonds is 45. The van der Waals surface area contributed by atoms with Crippen molar-refractivity contribution in [2.45, 2.75) is 276 Å². The van der Waals surface area contributed by atoms with Gasteiger partial charge in [0.2, 0.25) is 5.91 Å². The van der Waals surface area contributed by atoms with Crippen LogP contribution < -0.4 is 5.32 Å². The minimum Gasteiger partial charge on any atom is -0.466 e. The minimum absolute atomic E-state index is 0.0347. The molecule has 0 aromatic rings. The van der Waals surface area contributed by atoms with Gasteiger partial charge in [0.1, 0.15) is 0 Å². The largest absolute Gasteiger partial charge is 0.466 e. The summed E-state index contributed by atoms with van der Waals surface area (Å²) in [5.41, 5.74) is 0. The Labute approximate surface area is 342 Å². The van der Waals surface area contributed by atoms with Crippen molar-refractivity contribution in [1.82, 2.24) is 5.32 Å². The molecule has 0 spiro atoms. The number of hydrogen-bond acceptors (Lipinski definition) is 5. The quantitative estimate of drug-likeness (QED) is 0.0325. The van der Waals surface area contributed by atoms with E-state index < -0.39 is 12.1 Å². The van der Waals surface area contributed by atoms with Gasteiger partial charge in [0, 0.05) is 12.8 Å². The van der Waals surface area contributed by atoms with Gasteiger partial charge < -0.3 is 20.3 Å². The first-order chi connectivity index (χ1) is 27.0. The molecule has 6 nitrogen and oxygen atoms in total. The zero-order chi connectivity index (χ0) is 40.1. The number of amides is 1. The van der Waals surface area contributed by atoms with Gasteiger partial charge in [-0.2, -0.15) is 0 Å². The first-order valence-corrected chi connectivity index (χ1v) is 24.4. The van der Waals surface area contributed by atoms with E-state index in [2.05, 4.69) is 31.3 Å². The summed E-state index contributed by atoms with van der Waals surface area (Å²) in [6.45, 7) is 4.87. The zero-order valence-electron chi connectivity index (χ0n) is 36.9. The van der Waals surface area contributed by atoms with Crippen LogP contribution in [0.2, 0.25) is 0 Å². The summed E-state index contributed by atoms with van der Waals surface area (Å²) in [6, 6.07) is -0.561. The van der Waals surface area contributed by atoms with E-state index in [0.717, 1.165) is 57.8 Å². The highest BCUT2D eigenvalue weighted by molar-refractivity contribution is 5.76. The number of nitrogens with one attached hydrogen (secondary N) is 1. The lowest BCUT2D eigenvalue weighted by Crippen LogP contribution is -2.45. The number of ether oxygens (including phenoxy) is 1. The van der Waals surface area contributed by atoms with Crippen LogP contribution in [0.5, 0.6) is 0 Å². The highest BCUT2D eigenvalue weighted by atomic mass is 16.5. The maximum atomic E-state index is 12.4. The van der Waals surface area contributed by atoms with Gasteiger partial charge in [0.25, 0.3) is 0 Å². The lowest BCUT2D eigenvalue weighted by Gasteiger charge is -2.22. The fourth-order valence-corrected chi connectivity index (χ4v) is 7.51. The SMILES string of the molecule is CCCCC/C=C\CCCCCCCC(=O)OCCCCCCCCCCCC(=O)NC(CO)C(O)CCCCCCCCCCCCCCCCCCC. The number of aliphatic hydroxyl groups is 2. The van der Waals surface area contributed by atoms with Crippen LogP contribution in [-0.4, -0.2) is 47.4 Å². The molecule has 0 aliphatic rings. The Balaban J connectivity index is 3.50. The van der Waals surface area contributed by atoms with Crippen LogP contribution >= 0.6 is 0 Å². The Kier molecular flexibility index (Phi) is 44.2. The second-order valence-electron chi connectivity index (χ2n) is 16.8. The molecule has 0 radical (unpaired) electrons. The van der Waals surface area contributed by atoms with Crippen LogP contribution in [0.4, 0.5) is 0 Å². The number of allylic oxidation sites excluding steroid dienone is 2. The molecule has 0 fully saturated rings. The standard InChI is InChI=1S/C49H95NO5/c1-3-5-7-9-11-13-15-17-18-19-20-21-22-25-29-33-37-41-47(52)46(45-51)50-48(53)42-38-34-30-26-24-28-32-36-40-44-55-49(54)43-39-35-31-27-23-16-14-12-10-8-6-4-2/h12,14,46-47,51-52H,3-11,13,15-45H2,1-2H3,(H,50,53)/b14-12-. The summed E-state index contributed by atoms with van der Waals surface area (Å²) in [6.07, 6.45) is 50.2. The van der Waals surface area contributed by atoms with E-state index >= 15 is 0 Å². The Morgan fingerprint density at radius 2 is 0.855 bits per heavy atom. The molecule has 0 aliphatic heterocycles. The zero-order valence-corrected chi connectivity index (χ0v) is 36.9. The highest BCUT2D eigenvalue weighted by Gasteiger charge is 2.20. The van der Waals surface area contributed by atoms with Gasteiger partial charge in [0.05, 0.1) is 25.4 Å². The normalized spacial score (nSPS) is 12.7. The Morgan fingerprint density at radius 3 is 1.33 bits per heavy atom. The Hall–Kier alpha value is -1.40. The van der Waals surface area contributed by atoms with Crippen molar-refractivity contribution in [3.05, 3.63) is 12.2 Å². The fourth-order valence-electron chi connectivity index (χ4n) is 7.51. The molecule has 2 atom stereocenters. The first kappa shape index (κ1) is 53.6. The van der Waals surface area contributed by atoms with E-state index in [1.807, 2.05) is 0 Å². The molecule has 0 bridgehead atoms. The van der Waals surface area contributed by atoms with Crippen molar-refractivity contribution in [3.63, 3.8) is 0 Å². The topological polar surface area (TPSA) is 95.9 Å². The first-order valence-electron chi connectivity index (χ1n) is 24.4. The molecule has 326 valence electrons. The molecule has 0 aromatic heterocycles. The molecule has 6 heteroatoms. The van der Waals surface area contributed by atoms with Gasteiger partial charge in [-0.3, -0.25) is 9.59 Å². The molecule has 0 aromatic carbocycles. The number of carbonyl (C=O) groups excluding carboxylic acids is 2. The van der Waals surface area contributed by atoms with Crippen molar-refractivity contribution in [2.75, 3.05) is 13.2 Å². The van der Waals surface area contributed by atoms with E-state index in [0.29, 0.717) is 25.9 Å². The van der Waals surface area contributed by atoms with Crippen molar-refractivity contribution < 1.29 is 24.5 Å². The molecular formula is C49H95NO5. The molecule has 1 amide bonds. The van der Waals surface area contributed by atoms with E-state index in [4.69, 9.17) is 4.74 Å². The monoisotopic (exact) mass is 778 g/mol. The predicted molar refractivity (Wildman–Crippen MR) is 237 cm³/mol. The Bertz CT molecular complexity index is 817. The number of unbranched alkanes of at least 4 members (excludes halogenated alkanes) is 32. The lowest BCUT2D eigenvalue weighted by molar-refractivity contribution is -0.143. The molecule has 55 heavy (non-hydrogen) atoms. The van der Waals surface area contributed by atoms with Crippen LogP contribution in [0.3, 0.4) is 0 Å². The molecule has 0 saturated carbocycles. The van der Waals surface area contributed by atoms with Crippen LogP contribution in [0.1, 0.15) is 264 Å². The minimum atomic E-state index is -0.681. The number of hydrogen-bond donors (Lipinski definition) is 3. The van der Waals surface area contributed by atoms with E-state index in [-0.39, 0.29) is 18.5 Å². The van der Waals surface area contributed by atoms with Crippen molar-refractivity contribution in [2.24, 2.45) is 0 Å². The van der Waals surface area contributed by atoms with Crippen LogP contribution in [-0.2, 0) is 14.3 Å². The Morgan fingerprint density at radius 1 is 0.491 bits per heavy atom.